The predicted molar refractivity (Wildman–Crippen MR) is 55.6 cm³/mol. The second kappa shape index (κ2) is 3.57. The highest BCUT2D eigenvalue weighted by molar-refractivity contribution is 14.1. The second-order valence-corrected chi connectivity index (χ2v) is 3.74. The minimum atomic E-state index is -0.482. The van der Waals surface area contributed by atoms with Gasteiger partial charge in [0.25, 0.3) is 5.69 Å². The van der Waals surface area contributed by atoms with Gasteiger partial charge in [0.15, 0.2) is 0 Å². The van der Waals surface area contributed by atoms with Gasteiger partial charge in [0.05, 0.1) is 4.92 Å². The molecule has 0 aliphatic heterocycles. The Morgan fingerprint density at radius 2 is 2.17 bits per heavy atom. The Hall–Kier alpha value is -0.360. The molecule has 12 heavy (non-hydrogen) atoms. The average molecular weight is 297 g/mol. The molecule has 0 radical (unpaired) electrons. The second-order valence-electron chi connectivity index (χ2n) is 2.29. The van der Waals surface area contributed by atoms with E-state index < -0.39 is 4.92 Å². The molecule has 3 nitrogen and oxygen atoms in total. The zero-order chi connectivity index (χ0) is 9.30. The van der Waals surface area contributed by atoms with Gasteiger partial charge in [-0.25, -0.2) is 0 Å². The molecule has 0 spiro atoms. The van der Waals surface area contributed by atoms with E-state index in [1.54, 1.807) is 6.07 Å². The maximum absolute atomic E-state index is 10.4. The first-order chi connectivity index (χ1) is 5.54. The number of nitro groups is 1. The van der Waals surface area contributed by atoms with Gasteiger partial charge in [0.1, 0.15) is 5.02 Å². The summed E-state index contributed by atoms with van der Waals surface area (Å²) in [6, 6.07) is 3.10. The van der Waals surface area contributed by atoms with Crippen molar-refractivity contribution in [3.05, 3.63) is 36.4 Å². The van der Waals surface area contributed by atoms with Crippen molar-refractivity contribution in [3.8, 4) is 0 Å². The SMILES string of the molecule is Cc1ccc([N+](=O)[O-])c(Cl)c1I. The highest BCUT2D eigenvalue weighted by Crippen LogP contribution is 2.30. The van der Waals surface area contributed by atoms with Gasteiger partial charge in [-0.2, -0.15) is 0 Å². The summed E-state index contributed by atoms with van der Waals surface area (Å²) >= 11 is 7.74. The Balaban J connectivity index is 3.36. The number of nitrogens with zero attached hydrogens (tertiary/aromatic N) is 1. The molecule has 1 rings (SSSR count). The highest BCUT2D eigenvalue weighted by Gasteiger charge is 2.15. The summed E-state index contributed by atoms with van der Waals surface area (Å²) in [5.41, 5.74) is 0.915. The summed E-state index contributed by atoms with van der Waals surface area (Å²) in [6.45, 7) is 1.86. The zero-order valence-corrected chi connectivity index (χ0v) is 9.09. The van der Waals surface area contributed by atoms with Crippen LogP contribution in [0.1, 0.15) is 5.56 Å². The summed E-state index contributed by atoms with van der Waals surface area (Å²) < 4.78 is 0.739. The van der Waals surface area contributed by atoms with Crippen LogP contribution in [0.15, 0.2) is 12.1 Å². The highest BCUT2D eigenvalue weighted by atomic mass is 127. The molecule has 5 heteroatoms. The number of rotatable bonds is 1. The number of halogens is 2. The molecule has 0 fully saturated rings. The van der Waals surface area contributed by atoms with Gasteiger partial charge in [-0.15, -0.1) is 0 Å². The standard InChI is InChI=1S/C7H5ClINO2/c1-4-2-3-5(10(11)12)6(8)7(4)9/h2-3H,1H3. The van der Waals surface area contributed by atoms with Crippen molar-refractivity contribution >= 4 is 39.9 Å². The van der Waals surface area contributed by atoms with Crippen LogP contribution in [-0.4, -0.2) is 4.92 Å². The molecule has 0 aliphatic carbocycles. The molecule has 0 heterocycles. The van der Waals surface area contributed by atoms with Gasteiger partial charge < -0.3 is 0 Å². The molecule has 0 saturated carbocycles. The summed E-state index contributed by atoms with van der Waals surface area (Å²) in [5.74, 6) is 0. The first kappa shape index (κ1) is 9.73. The largest absolute Gasteiger partial charge is 0.288 e. The molecule has 0 unspecified atom stereocenters. The van der Waals surface area contributed by atoms with Crippen molar-refractivity contribution in [2.45, 2.75) is 6.92 Å². The number of nitro benzene ring substituents is 1. The maximum atomic E-state index is 10.4. The number of hydrogen-bond acceptors (Lipinski definition) is 2. The summed E-state index contributed by atoms with van der Waals surface area (Å²) in [5, 5.41) is 10.6. The molecule has 0 aliphatic rings. The van der Waals surface area contributed by atoms with E-state index in [1.165, 1.54) is 6.07 Å². The molecule has 0 atom stereocenters. The van der Waals surface area contributed by atoms with E-state index in [0.29, 0.717) is 0 Å². The molecule has 0 amide bonds. The lowest BCUT2D eigenvalue weighted by Crippen LogP contribution is -1.92. The van der Waals surface area contributed by atoms with Gasteiger partial charge in [0.2, 0.25) is 0 Å². The van der Waals surface area contributed by atoms with Gasteiger partial charge in [-0.1, -0.05) is 17.7 Å². The van der Waals surface area contributed by atoms with E-state index in [9.17, 15) is 10.1 Å². The van der Waals surface area contributed by atoms with Crippen LogP contribution in [0.3, 0.4) is 0 Å². The molecule has 1 aromatic carbocycles. The van der Waals surface area contributed by atoms with E-state index in [2.05, 4.69) is 0 Å². The lowest BCUT2D eigenvalue weighted by molar-refractivity contribution is -0.384. The van der Waals surface area contributed by atoms with Crippen molar-refractivity contribution in [1.82, 2.24) is 0 Å². The summed E-state index contributed by atoms with van der Waals surface area (Å²) in [4.78, 5) is 9.92. The Morgan fingerprint density at radius 1 is 1.58 bits per heavy atom. The summed E-state index contributed by atoms with van der Waals surface area (Å²) in [7, 11) is 0. The molecule has 0 aromatic heterocycles. The Labute approximate surface area is 88.0 Å². The van der Waals surface area contributed by atoms with Crippen LogP contribution in [0.2, 0.25) is 5.02 Å². The average Bonchev–Trinajstić information content (AvgIpc) is 2.00. The van der Waals surface area contributed by atoms with E-state index in [0.717, 1.165) is 9.13 Å². The fourth-order valence-corrected chi connectivity index (χ4v) is 1.51. The van der Waals surface area contributed by atoms with Crippen LogP contribution in [0.5, 0.6) is 0 Å². The third kappa shape index (κ3) is 1.69. The molecular formula is C7H5ClINO2. The minimum Gasteiger partial charge on any atom is -0.258 e. The Morgan fingerprint density at radius 3 is 2.67 bits per heavy atom. The lowest BCUT2D eigenvalue weighted by atomic mass is 10.2. The smallest absolute Gasteiger partial charge is 0.258 e. The third-order valence-electron chi connectivity index (χ3n) is 1.45. The van der Waals surface area contributed by atoms with E-state index in [4.69, 9.17) is 11.6 Å². The molecule has 64 valence electrons. The van der Waals surface area contributed by atoms with Crippen molar-refractivity contribution in [2.24, 2.45) is 0 Å². The van der Waals surface area contributed by atoms with Crippen LogP contribution >= 0.6 is 34.2 Å². The first-order valence-electron chi connectivity index (χ1n) is 3.13. The van der Waals surface area contributed by atoms with Crippen molar-refractivity contribution in [3.63, 3.8) is 0 Å². The molecule has 0 bridgehead atoms. The molecule has 0 saturated heterocycles. The molecule has 0 N–H and O–H groups in total. The van der Waals surface area contributed by atoms with Crippen LogP contribution in [0.4, 0.5) is 5.69 Å². The zero-order valence-electron chi connectivity index (χ0n) is 6.17. The van der Waals surface area contributed by atoms with E-state index in [1.807, 2.05) is 29.5 Å². The van der Waals surface area contributed by atoms with Crippen LogP contribution < -0.4 is 0 Å². The number of hydrogen-bond donors (Lipinski definition) is 0. The topological polar surface area (TPSA) is 43.1 Å². The molecule has 1 aromatic rings. The lowest BCUT2D eigenvalue weighted by Gasteiger charge is -2.00. The van der Waals surface area contributed by atoms with Crippen molar-refractivity contribution < 1.29 is 4.92 Å². The van der Waals surface area contributed by atoms with Crippen LogP contribution in [0.25, 0.3) is 0 Å². The van der Waals surface area contributed by atoms with Gasteiger partial charge in [0, 0.05) is 9.64 Å². The Kier molecular flexibility index (Phi) is 2.89. The predicted octanol–water partition coefficient (Wildman–Crippen LogP) is 3.16. The monoisotopic (exact) mass is 297 g/mol. The van der Waals surface area contributed by atoms with E-state index in [-0.39, 0.29) is 10.7 Å². The number of benzene rings is 1. The minimum absolute atomic E-state index is 0.0355. The third-order valence-corrected chi connectivity index (χ3v) is 3.54. The van der Waals surface area contributed by atoms with Crippen LogP contribution in [-0.2, 0) is 0 Å². The van der Waals surface area contributed by atoms with Gasteiger partial charge in [-0.3, -0.25) is 10.1 Å². The van der Waals surface area contributed by atoms with Crippen molar-refractivity contribution in [1.29, 1.82) is 0 Å². The number of aryl methyl sites for hydroxylation is 1. The van der Waals surface area contributed by atoms with E-state index >= 15 is 0 Å². The molecular weight excluding hydrogens is 292 g/mol. The maximum Gasteiger partial charge on any atom is 0.288 e. The normalized spacial score (nSPS) is 9.92. The van der Waals surface area contributed by atoms with Crippen LogP contribution in [0, 0.1) is 20.6 Å². The fraction of sp³-hybridized carbons (Fsp3) is 0.143. The van der Waals surface area contributed by atoms with Gasteiger partial charge in [-0.05, 0) is 35.1 Å². The first-order valence-corrected chi connectivity index (χ1v) is 4.58. The van der Waals surface area contributed by atoms with Crippen molar-refractivity contribution in [2.75, 3.05) is 0 Å². The quantitative estimate of drug-likeness (QED) is 0.454. The summed E-state index contributed by atoms with van der Waals surface area (Å²) in [6.07, 6.45) is 0. The fourth-order valence-electron chi connectivity index (χ4n) is 0.777. The Bertz CT molecular complexity index is 340. The van der Waals surface area contributed by atoms with Gasteiger partial charge >= 0.3 is 0 Å².